The first-order valence-electron chi connectivity index (χ1n) is 9.68. The van der Waals surface area contributed by atoms with Gasteiger partial charge in [-0.15, -0.1) is 11.3 Å². The van der Waals surface area contributed by atoms with Crippen LogP contribution in [0.25, 0.3) is 33.0 Å². The fourth-order valence-electron chi connectivity index (χ4n) is 3.43. The largest absolute Gasteiger partial charge is 0.416 e. The van der Waals surface area contributed by atoms with Crippen LogP contribution in [0.1, 0.15) is 16.8 Å². The zero-order valence-electron chi connectivity index (χ0n) is 17.0. The van der Waals surface area contributed by atoms with Crippen LogP contribution in [-0.4, -0.2) is 24.9 Å². The van der Waals surface area contributed by atoms with Crippen molar-refractivity contribution in [3.8, 4) is 22.0 Å². The van der Waals surface area contributed by atoms with Crippen molar-refractivity contribution in [2.75, 3.05) is 5.32 Å². The number of imidazole rings is 1. The predicted octanol–water partition coefficient (Wildman–Crippen LogP) is 6.46. The Balaban J connectivity index is 1.60. The van der Waals surface area contributed by atoms with E-state index in [-0.39, 0.29) is 11.6 Å². The number of aromatic amines is 2. The summed E-state index contributed by atoms with van der Waals surface area (Å²) in [4.78, 5) is 20.2. The van der Waals surface area contributed by atoms with Gasteiger partial charge in [0.05, 0.1) is 16.1 Å². The van der Waals surface area contributed by atoms with Crippen LogP contribution in [0.5, 0.6) is 0 Å². The van der Waals surface area contributed by atoms with E-state index in [2.05, 4.69) is 30.2 Å². The first-order chi connectivity index (χ1) is 15.3. The first-order valence-corrected chi connectivity index (χ1v) is 10.6. The number of rotatable bonds is 4. The summed E-state index contributed by atoms with van der Waals surface area (Å²) >= 11 is 1.55. The van der Waals surface area contributed by atoms with E-state index in [0.29, 0.717) is 22.7 Å². The molecule has 10 heteroatoms. The van der Waals surface area contributed by atoms with Gasteiger partial charge in [0.25, 0.3) is 0 Å². The molecule has 0 saturated carbocycles. The molecule has 32 heavy (non-hydrogen) atoms. The molecule has 0 atom stereocenters. The van der Waals surface area contributed by atoms with E-state index in [9.17, 15) is 13.2 Å². The third-order valence-corrected chi connectivity index (χ3v) is 5.93. The van der Waals surface area contributed by atoms with Gasteiger partial charge in [0.1, 0.15) is 11.5 Å². The lowest BCUT2D eigenvalue weighted by Gasteiger charge is -2.13. The van der Waals surface area contributed by atoms with Crippen molar-refractivity contribution < 1.29 is 13.2 Å². The summed E-state index contributed by atoms with van der Waals surface area (Å²) in [6.07, 6.45) is -1.19. The summed E-state index contributed by atoms with van der Waals surface area (Å²) in [5.74, 6) is 0.550. The van der Waals surface area contributed by atoms with Gasteiger partial charge in [-0.3, -0.25) is 0 Å². The number of alkyl halides is 3. The third kappa shape index (κ3) is 3.84. The molecule has 5 aromatic rings. The van der Waals surface area contributed by atoms with Crippen molar-refractivity contribution in [2.45, 2.75) is 20.0 Å². The normalized spacial score (nSPS) is 11.9. The Morgan fingerprint density at radius 3 is 2.59 bits per heavy atom. The number of nitrogens with one attached hydrogen (secondary N) is 3. The average molecular weight is 454 g/mol. The van der Waals surface area contributed by atoms with Crippen LogP contribution in [0, 0.1) is 13.8 Å². The van der Waals surface area contributed by atoms with E-state index in [1.807, 2.05) is 24.4 Å². The van der Waals surface area contributed by atoms with Crippen LogP contribution in [0.15, 0.2) is 48.1 Å². The van der Waals surface area contributed by atoms with Gasteiger partial charge in [0.15, 0.2) is 0 Å². The lowest BCUT2D eigenvalue weighted by Crippen LogP contribution is -2.07. The molecule has 0 aliphatic carbocycles. The fourth-order valence-corrected chi connectivity index (χ4v) is 4.33. The Labute approximate surface area is 184 Å². The maximum Gasteiger partial charge on any atom is 0.416 e. The lowest BCUT2D eigenvalue weighted by atomic mass is 10.1. The van der Waals surface area contributed by atoms with Crippen molar-refractivity contribution in [3.63, 3.8) is 0 Å². The molecular formula is C22H17F3N6S. The topological polar surface area (TPSA) is 82.3 Å². The zero-order valence-corrected chi connectivity index (χ0v) is 17.8. The van der Waals surface area contributed by atoms with Gasteiger partial charge in [-0.1, -0.05) is 0 Å². The molecule has 4 heterocycles. The first kappa shape index (κ1) is 20.3. The maximum atomic E-state index is 13.6. The Hall–Kier alpha value is -3.66. The number of H-pyrrole nitrogens is 2. The number of nitrogens with zero attached hydrogens (tertiary/aromatic N) is 3. The van der Waals surface area contributed by atoms with E-state index in [1.54, 1.807) is 36.7 Å². The molecule has 3 N–H and O–H groups in total. The molecule has 4 aromatic heterocycles. The number of anilines is 2. The Morgan fingerprint density at radius 1 is 1.06 bits per heavy atom. The summed E-state index contributed by atoms with van der Waals surface area (Å²) in [6, 6.07) is 7.59. The standard InChI is InChI=1S/C22H17F3N6S/c1-11-5-17(32-10-11)18-16-3-4-26-20(16)31-21(30-18)29-15-7-13(19-27-9-12(2)28-19)6-14(8-15)22(23,24)25/h3-10H,1-2H3,(H,27,28)(H2,26,29,30,31). The minimum atomic E-state index is -4.52. The van der Waals surface area contributed by atoms with Crippen LogP contribution >= 0.6 is 11.3 Å². The van der Waals surface area contributed by atoms with E-state index in [1.165, 1.54) is 0 Å². The summed E-state index contributed by atoms with van der Waals surface area (Å²) in [5, 5.41) is 5.82. The number of halogens is 3. The second-order valence-corrected chi connectivity index (χ2v) is 8.37. The highest BCUT2D eigenvalue weighted by atomic mass is 32.1. The van der Waals surface area contributed by atoms with E-state index in [4.69, 9.17) is 0 Å². The van der Waals surface area contributed by atoms with Gasteiger partial charge in [0, 0.05) is 34.7 Å². The highest BCUT2D eigenvalue weighted by Crippen LogP contribution is 2.36. The van der Waals surface area contributed by atoms with Gasteiger partial charge in [0.2, 0.25) is 5.95 Å². The zero-order chi connectivity index (χ0) is 22.5. The van der Waals surface area contributed by atoms with Crippen molar-refractivity contribution in [1.82, 2.24) is 24.9 Å². The number of hydrogen-bond donors (Lipinski definition) is 3. The monoisotopic (exact) mass is 454 g/mol. The predicted molar refractivity (Wildman–Crippen MR) is 119 cm³/mol. The minimum absolute atomic E-state index is 0.196. The van der Waals surface area contributed by atoms with Crippen molar-refractivity contribution in [1.29, 1.82) is 0 Å². The van der Waals surface area contributed by atoms with Gasteiger partial charge < -0.3 is 15.3 Å². The summed E-state index contributed by atoms with van der Waals surface area (Å²) < 4.78 is 40.7. The Kier molecular flexibility index (Phi) is 4.74. The number of hydrogen-bond acceptors (Lipinski definition) is 5. The van der Waals surface area contributed by atoms with Crippen LogP contribution in [0.2, 0.25) is 0 Å². The number of aromatic nitrogens is 5. The van der Waals surface area contributed by atoms with E-state index < -0.39 is 11.7 Å². The lowest BCUT2D eigenvalue weighted by molar-refractivity contribution is -0.137. The molecule has 1 aromatic carbocycles. The number of aryl methyl sites for hydroxylation is 2. The molecule has 0 aliphatic rings. The van der Waals surface area contributed by atoms with Gasteiger partial charge in [-0.05, 0) is 55.1 Å². The SMILES string of the molecule is Cc1csc(-c2nc(Nc3cc(-c4ncc(C)[nH]4)cc(C(F)(F)F)c3)nc3[nH]ccc23)c1. The molecule has 162 valence electrons. The molecule has 5 rings (SSSR count). The highest BCUT2D eigenvalue weighted by Gasteiger charge is 2.31. The second kappa shape index (κ2) is 7.49. The molecular weight excluding hydrogens is 437 g/mol. The summed E-state index contributed by atoms with van der Waals surface area (Å²) in [7, 11) is 0. The minimum Gasteiger partial charge on any atom is -0.346 e. The van der Waals surface area contributed by atoms with Gasteiger partial charge >= 0.3 is 6.18 Å². The molecule has 0 saturated heterocycles. The molecule has 0 spiro atoms. The van der Waals surface area contributed by atoms with Crippen molar-refractivity contribution in [2.24, 2.45) is 0 Å². The van der Waals surface area contributed by atoms with Crippen LogP contribution in [0.3, 0.4) is 0 Å². The van der Waals surface area contributed by atoms with E-state index >= 15 is 0 Å². The quantitative estimate of drug-likeness (QED) is 0.291. The number of benzene rings is 1. The fraction of sp³-hybridized carbons (Fsp3) is 0.136. The summed E-state index contributed by atoms with van der Waals surface area (Å²) in [6.45, 7) is 3.78. The summed E-state index contributed by atoms with van der Waals surface area (Å²) in [5.41, 5.74) is 2.90. The Bertz CT molecular complexity index is 1430. The van der Waals surface area contributed by atoms with Crippen LogP contribution in [0.4, 0.5) is 24.8 Å². The molecule has 0 aliphatic heterocycles. The number of fused-ring (bicyclic) bond motifs is 1. The molecule has 6 nitrogen and oxygen atoms in total. The molecule has 0 radical (unpaired) electrons. The second-order valence-electron chi connectivity index (χ2n) is 7.46. The van der Waals surface area contributed by atoms with E-state index in [0.717, 1.165) is 33.7 Å². The average Bonchev–Trinajstić information content (AvgIpc) is 3.47. The Morgan fingerprint density at radius 2 is 1.91 bits per heavy atom. The molecule has 0 fully saturated rings. The number of thiophene rings is 1. The van der Waals surface area contributed by atoms with Crippen LogP contribution in [-0.2, 0) is 6.18 Å². The van der Waals surface area contributed by atoms with Gasteiger partial charge in [-0.25, -0.2) is 9.97 Å². The smallest absolute Gasteiger partial charge is 0.346 e. The van der Waals surface area contributed by atoms with Crippen molar-refractivity contribution in [3.05, 3.63) is 64.9 Å². The van der Waals surface area contributed by atoms with Crippen LogP contribution < -0.4 is 5.32 Å². The maximum absolute atomic E-state index is 13.6. The molecule has 0 unspecified atom stereocenters. The van der Waals surface area contributed by atoms with Crippen molar-refractivity contribution >= 4 is 34.0 Å². The highest BCUT2D eigenvalue weighted by molar-refractivity contribution is 7.13. The third-order valence-electron chi connectivity index (χ3n) is 4.87. The molecule has 0 amide bonds. The van der Waals surface area contributed by atoms with Gasteiger partial charge in [-0.2, -0.15) is 18.2 Å². The molecule has 0 bridgehead atoms.